The molecule has 0 saturated heterocycles. The molecule has 0 bridgehead atoms. The van der Waals surface area contributed by atoms with E-state index in [2.05, 4.69) is 53.4 Å². The minimum Gasteiger partial charge on any atom is -0.341 e. The lowest BCUT2D eigenvalue weighted by atomic mass is 10.0. The van der Waals surface area contributed by atoms with E-state index in [1.165, 1.54) is 26.8 Å². The van der Waals surface area contributed by atoms with Crippen LogP contribution in [0.3, 0.4) is 0 Å². The molecular weight excluding hydrogens is 424 g/mol. The number of thiophene rings is 1. The van der Waals surface area contributed by atoms with Crippen LogP contribution in [0.1, 0.15) is 17.5 Å². The van der Waals surface area contributed by atoms with Crippen LogP contribution in [0.15, 0.2) is 64.9 Å². The second-order valence-electron chi connectivity index (χ2n) is 7.15. The maximum atomic E-state index is 12.7. The lowest BCUT2D eigenvalue weighted by Crippen LogP contribution is -2.30. The Bertz CT molecular complexity index is 1060. The molecule has 0 N–H and O–H groups in total. The van der Waals surface area contributed by atoms with Crippen molar-refractivity contribution in [2.24, 2.45) is 0 Å². The minimum atomic E-state index is -3.50. The smallest absolute Gasteiger partial charge is 0.252 e. The lowest BCUT2D eigenvalue weighted by Gasteiger charge is -2.28. The fourth-order valence-corrected chi connectivity index (χ4v) is 6.68. The van der Waals surface area contributed by atoms with E-state index in [4.69, 9.17) is 11.6 Å². The number of halogens is 1. The Morgan fingerprint density at radius 2 is 1.55 bits per heavy atom. The number of anilines is 2. The van der Waals surface area contributed by atoms with Crippen LogP contribution in [0.4, 0.5) is 11.4 Å². The number of hydrogen-bond donors (Lipinski definition) is 0. The minimum absolute atomic E-state index is 0.287. The number of rotatable bonds is 6. The molecule has 0 spiro atoms. The van der Waals surface area contributed by atoms with E-state index in [1.807, 2.05) is 0 Å². The first kappa shape index (κ1) is 20.4. The first-order valence-electron chi connectivity index (χ1n) is 9.62. The molecule has 0 atom stereocenters. The molecule has 7 heteroatoms. The highest BCUT2D eigenvalue weighted by Gasteiger charge is 2.24. The first-order chi connectivity index (χ1) is 14.0. The molecule has 0 fully saturated rings. The zero-order valence-electron chi connectivity index (χ0n) is 16.2. The van der Waals surface area contributed by atoms with Gasteiger partial charge in [-0.2, -0.15) is 0 Å². The summed E-state index contributed by atoms with van der Waals surface area (Å²) in [7, 11) is -1.87. The standard InChI is InChI=1S/C22H23ClN2O2S2/c1-24(29(26,27)22-14-13-21(23)28-22)15-6-16-25-19-9-4-2-7-17(19)11-12-18-8-3-5-10-20(18)25/h2-5,7-10,13-14H,6,11-12,15-16H2,1H3. The average Bonchev–Trinajstić information content (AvgIpc) is 3.10. The number of para-hydroxylation sites is 2. The van der Waals surface area contributed by atoms with Crippen molar-refractivity contribution in [1.82, 2.24) is 4.31 Å². The van der Waals surface area contributed by atoms with Crippen molar-refractivity contribution >= 4 is 44.3 Å². The summed E-state index contributed by atoms with van der Waals surface area (Å²) in [6.45, 7) is 1.19. The molecule has 1 aliphatic rings. The molecule has 4 rings (SSSR count). The molecule has 2 heterocycles. The van der Waals surface area contributed by atoms with Crippen molar-refractivity contribution in [1.29, 1.82) is 0 Å². The van der Waals surface area contributed by atoms with E-state index < -0.39 is 10.0 Å². The largest absolute Gasteiger partial charge is 0.341 e. The number of aryl methyl sites for hydroxylation is 2. The van der Waals surface area contributed by atoms with Crippen LogP contribution in [0.2, 0.25) is 4.34 Å². The van der Waals surface area contributed by atoms with Crippen molar-refractivity contribution in [3.63, 3.8) is 0 Å². The number of nitrogens with zero attached hydrogens (tertiary/aromatic N) is 2. The molecule has 0 unspecified atom stereocenters. The van der Waals surface area contributed by atoms with Gasteiger partial charge in [-0.05, 0) is 54.7 Å². The number of fused-ring (bicyclic) bond motifs is 2. The summed E-state index contributed by atoms with van der Waals surface area (Å²) in [6.07, 6.45) is 2.74. The van der Waals surface area contributed by atoms with Crippen molar-refractivity contribution in [2.75, 3.05) is 25.0 Å². The van der Waals surface area contributed by atoms with Crippen molar-refractivity contribution in [3.8, 4) is 0 Å². The van der Waals surface area contributed by atoms with Gasteiger partial charge in [0.25, 0.3) is 10.0 Å². The zero-order chi connectivity index (χ0) is 20.4. The molecule has 0 amide bonds. The Morgan fingerprint density at radius 1 is 0.966 bits per heavy atom. The van der Waals surface area contributed by atoms with Gasteiger partial charge >= 0.3 is 0 Å². The molecule has 2 aromatic carbocycles. The second-order valence-corrected chi connectivity index (χ2v) is 11.1. The Morgan fingerprint density at radius 3 is 2.10 bits per heavy atom. The SMILES string of the molecule is CN(CCCN1c2ccccc2CCc2ccccc21)S(=O)(=O)c1ccc(Cl)s1. The highest BCUT2D eigenvalue weighted by atomic mass is 35.5. The molecule has 1 aliphatic heterocycles. The third-order valence-corrected chi connectivity index (χ3v) is 8.85. The van der Waals surface area contributed by atoms with Crippen LogP contribution < -0.4 is 4.90 Å². The van der Waals surface area contributed by atoms with Gasteiger partial charge in [0.2, 0.25) is 0 Å². The predicted octanol–water partition coefficient (Wildman–Crippen LogP) is 5.35. The van der Waals surface area contributed by atoms with Gasteiger partial charge in [0.05, 0.1) is 4.34 Å². The van der Waals surface area contributed by atoms with E-state index >= 15 is 0 Å². The van der Waals surface area contributed by atoms with Gasteiger partial charge in [0, 0.05) is 31.5 Å². The van der Waals surface area contributed by atoms with E-state index in [0.29, 0.717) is 10.9 Å². The van der Waals surface area contributed by atoms with Crippen LogP contribution in [-0.4, -0.2) is 32.9 Å². The highest BCUT2D eigenvalue weighted by Crippen LogP contribution is 2.36. The Balaban J connectivity index is 1.52. The monoisotopic (exact) mass is 446 g/mol. The molecule has 0 aliphatic carbocycles. The highest BCUT2D eigenvalue weighted by molar-refractivity contribution is 7.91. The first-order valence-corrected chi connectivity index (χ1v) is 12.3. The van der Waals surface area contributed by atoms with Crippen LogP contribution >= 0.6 is 22.9 Å². The topological polar surface area (TPSA) is 40.6 Å². The molecule has 0 radical (unpaired) electrons. The van der Waals surface area contributed by atoms with E-state index in [0.717, 1.165) is 37.1 Å². The Hall–Kier alpha value is -1.86. The predicted molar refractivity (Wildman–Crippen MR) is 121 cm³/mol. The number of hydrogen-bond acceptors (Lipinski definition) is 4. The van der Waals surface area contributed by atoms with Gasteiger partial charge in [-0.3, -0.25) is 0 Å². The van der Waals surface area contributed by atoms with Crippen LogP contribution in [-0.2, 0) is 22.9 Å². The molecule has 4 nitrogen and oxygen atoms in total. The van der Waals surface area contributed by atoms with Crippen LogP contribution in [0, 0.1) is 0 Å². The summed E-state index contributed by atoms with van der Waals surface area (Å²) in [5, 5.41) is 0. The van der Waals surface area contributed by atoms with E-state index in [1.54, 1.807) is 19.2 Å². The van der Waals surface area contributed by atoms with Gasteiger partial charge in [0.1, 0.15) is 4.21 Å². The number of benzene rings is 2. The second kappa shape index (κ2) is 8.48. The maximum absolute atomic E-state index is 12.7. The molecule has 3 aromatic rings. The third-order valence-electron chi connectivity index (χ3n) is 5.30. The summed E-state index contributed by atoms with van der Waals surface area (Å²) >= 11 is 7.01. The van der Waals surface area contributed by atoms with Gasteiger partial charge in [0.15, 0.2) is 0 Å². The summed E-state index contributed by atoms with van der Waals surface area (Å²) in [6, 6.07) is 20.2. The van der Waals surface area contributed by atoms with Crippen LogP contribution in [0.25, 0.3) is 0 Å². The average molecular weight is 447 g/mol. The molecule has 29 heavy (non-hydrogen) atoms. The fraction of sp³-hybridized carbons (Fsp3) is 0.273. The van der Waals surface area contributed by atoms with Gasteiger partial charge < -0.3 is 4.90 Å². The molecule has 0 saturated carbocycles. The van der Waals surface area contributed by atoms with E-state index in [-0.39, 0.29) is 4.21 Å². The molecule has 1 aromatic heterocycles. The van der Waals surface area contributed by atoms with Gasteiger partial charge in [-0.15, -0.1) is 11.3 Å². The quantitative estimate of drug-likeness (QED) is 0.512. The Labute approximate surface area is 181 Å². The molecule has 152 valence electrons. The van der Waals surface area contributed by atoms with Gasteiger partial charge in [-0.1, -0.05) is 48.0 Å². The third kappa shape index (κ3) is 4.21. The van der Waals surface area contributed by atoms with Crippen molar-refractivity contribution in [3.05, 3.63) is 76.1 Å². The van der Waals surface area contributed by atoms with E-state index in [9.17, 15) is 8.42 Å². The molecular formula is C22H23ClN2O2S2. The summed E-state index contributed by atoms with van der Waals surface area (Å²) in [4.78, 5) is 2.33. The summed E-state index contributed by atoms with van der Waals surface area (Å²) in [5.41, 5.74) is 5.09. The normalized spacial score (nSPS) is 13.8. The summed E-state index contributed by atoms with van der Waals surface area (Å²) < 4.78 is 27.7. The number of sulfonamides is 1. The van der Waals surface area contributed by atoms with Crippen molar-refractivity contribution in [2.45, 2.75) is 23.5 Å². The lowest BCUT2D eigenvalue weighted by molar-refractivity contribution is 0.464. The fourth-order valence-electron chi connectivity index (χ4n) is 3.77. The van der Waals surface area contributed by atoms with Crippen molar-refractivity contribution < 1.29 is 8.42 Å². The van der Waals surface area contributed by atoms with Gasteiger partial charge in [-0.25, -0.2) is 12.7 Å². The summed E-state index contributed by atoms with van der Waals surface area (Å²) in [5.74, 6) is 0. The maximum Gasteiger partial charge on any atom is 0.252 e. The zero-order valence-corrected chi connectivity index (χ0v) is 18.6. The van der Waals surface area contributed by atoms with Crippen LogP contribution in [0.5, 0.6) is 0 Å². The Kier molecular flexibility index (Phi) is 5.97.